The quantitative estimate of drug-likeness (QED) is 0.574. The summed E-state index contributed by atoms with van der Waals surface area (Å²) in [6, 6.07) is 4.03. The van der Waals surface area contributed by atoms with Gasteiger partial charge in [0.2, 0.25) is 0 Å². The number of unbranched alkanes of at least 4 members (excludes halogenated alkanes) is 5. The maximum atomic E-state index is 5.26. The molecule has 74 valence electrons. The van der Waals surface area contributed by atoms with Gasteiger partial charge in [-0.25, -0.2) is 0 Å². The van der Waals surface area contributed by atoms with Crippen LogP contribution in [0.15, 0.2) is 22.8 Å². The molecule has 1 aromatic heterocycles. The van der Waals surface area contributed by atoms with E-state index in [1.807, 2.05) is 6.07 Å². The van der Waals surface area contributed by atoms with Crippen LogP contribution in [-0.4, -0.2) is 0 Å². The summed E-state index contributed by atoms with van der Waals surface area (Å²) in [6.07, 6.45) is 11.0. The van der Waals surface area contributed by atoms with E-state index in [0.29, 0.717) is 0 Å². The van der Waals surface area contributed by atoms with Crippen molar-refractivity contribution in [3.05, 3.63) is 24.2 Å². The molecule has 13 heavy (non-hydrogen) atoms. The molecule has 0 atom stereocenters. The molecule has 0 aromatic carbocycles. The van der Waals surface area contributed by atoms with E-state index < -0.39 is 0 Å². The first kappa shape index (κ1) is 10.4. The van der Waals surface area contributed by atoms with Crippen molar-refractivity contribution in [1.29, 1.82) is 0 Å². The third-order valence-electron chi connectivity index (χ3n) is 2.36. The van der Waals surface area contributed by atoms with Crippen LogP contribution < -0.4 is 0 Å². The second kappa shape index (κ2) is 6.76. The van der Waals surface area contributed by atoms with Gasteiger partial charge in [-0.1, -0.05) is 39.0 Å². The standard InChI is InChI=1S/C12H20O/c1-2-3-4-5-6-7-9-12-10-8-11-13-12/h8,10-11H,2-7,9H2,1H3. The average Bonchev–Trinajstić information content (AvgIpc) is 2.63. The van der Waals surface area contributed by atoms with Crippen LogP contribution in [0.4, 0.5) is 0 Å². The first-order chi connectivity index (χ1) is 6.43. The second-order valence-electron chi connectivity index (χ2n) is 3.60. The molecule has 1 heterocycles. The number of rotatable bonds is 7. The number of hydrogen-bond acceptors (Lipinski definition) is 1. The molecule has 1 heteroatoms. The van der Waals surface area contributed by atoms with E-state index in [2.05, 4.69) is 13.0 Å². The molecule has 0 unspecified atom stereocenters. The van der Waals surface area contributed by atoms with Gasteiger partial charge in [-0.15, -0.1) is 0 Å². The summed E-state index contributed by atoms with van der Waals surface area (Å²) in [5.74, 6) is 1.13. The van der Waals surface area contributed by atoms with Gasteiger partial charge < -0.3 is 4.42 Å². The van der Waals surface area contributed by atoms with Crippen molar-refractivity contribution in [3.63, 3.8) is 0 Å². The molecule has 0 N–H and O–H groups in total. The van der Waals surface area contributed by atoms with Crippen molar-refractivity contribution in [2.45, 2.75) is 51.9 Å². The monoisotopic (exact) mass is 180 g/mol. The lowest BCUT2D eigenvalue weighted by Crippen LogP contribution is -1.83. The van der Waals surface area contributed by atoms with E-state index in [1.54, 1.807) is 6.26 Å². The molecule has 0 saturated carbocycles. The lowest BCUT2D eigenvalue weighted by molar-refractivity contribution is 0.492. The van der Waals surface area contributed by atoms with E-state index >= 15 is 0 Å². The second-order valence-corrected chi connectivity index (χ2v) is 3.60. The molecule has 0 saturated heterocycles. The third-order valence-corrected chi connectivity index (χ3v) is 2.36. The normalized spacial score (nSPS) is 10.5. The Morgan fingerprint density at radius 1 is 1.08 bits per heavy atom. The summed E-state index contributed by atoms with van der Waals surface area (Å²) in [7, 11) is 0. The van der Waals surface area contributed by atoms with Gasteiger partial charge in [0.15, 0.2) is 0 Å². The van der Waals surface area contributed by atoms with Crippen LogP contribution in [0.3, 0.4) is 0 Å². The van der Waals surface area contributed by atoms with Crippen molar-refractivity contribution < 1.29 is 4.42 Å². The Hall–Kier alpha value is -0.720. The fourth-order valence-corrected chi connectivity index (χ4v) is 1.53. The Morgan fingerprint density at radius 2 is 1.85 bits per heavy atom. The highest BCUT2D eigenvalue weighted by Gasteiger charge is 1.95. The maximum Gasteiger partial charge on any atom is 0.103 e. The lowest BCUT2D eigenvalue weighted by Gasteiger charge is -1.98. The molecule has 0 spiro atoms. The van der Waals surface area contributed by atoms with Crippen molar-refractivity contribution >= 4 is 0 Å². The van der Waals surface area contributed by atoms with Gasteiger partial charge in [0.1, 0.15) is 5.76 Å². The Morgan fingerprint density at radius 3 is 2.54 bits per heavy atom. The first-order valence-electron chi connectivity index (χ1n) is 5.46. The van der Waals surface area contributed by atoms with Crippen LogP contribution in [0.1, 0.15) is 51.2 Å². The minimum Gasteiger partial charge on any atom is -0.469 e. The van der Waals surface area contributed by atoms with E-state index in [4.69, 9.17) is 4.42 Å². The van der Waals surface area contributed by atoms with Crippen molar-refractivity contribution in [1.82, 2.24) is 0 Å². The summed E-state index contributed by atoms with van der Waals surface area (Å²) in [5.41, 5.74) is 0. The summed E-state index contributed by atoms with van der Waals surface area (Å²) >= 11 is 0. The molecule has 1 rings (SSSR count). The highest BCUT2D eigenvalue weighted by atomic mass is 16.3. The SMILES string of the molecule is CCCCCCCCc1ccco1. The number of aryl methyl sites for hydroxylation is 1. The van der Waals surface area contributed by atoms with Crippen LogP contribution in [-0.2, 0) is 6.42 Å². The van der Waals surface area contributed by atoms with Crippen LogP contribution in [0.2, 0.25) is 0 Å². The fraction of sp³-hybridized carbons (Fsp3) is 0.667. The molecule has 0 radical (unpaired) electrons. The largest absolute Gasteiger partial charge is 0.469 e. The minimum atomic E-state index is 1.11. The predicted octanol–water partition coefficient (Wildman–Crippen LogP) is 4.18. The molecule has 0 aliphatic rings. The molecular weight excluding hydrogens is 160 g/mol. The van der Waals surface area contributed by atoms with Gasteiger partial charge >= 0.3 is 0 Å². The van der Waals surface area contributed by atoms with Crippen molar-refractivity contribution in [2.24, 2.45) is 0 Å². The predicted molar refractivity (Wildman–Crippen MR) is 55.8 cm³/mol. The molecule has 1 nitrogen and oxygen atoms in total. The van der Waals surface area contributed by atoms with E-state index in [1.165, 1.54) is 38.5 Å². The zero-order valence-corrected chi connectivity index (χ0v) is 8.59. The average molecular weight is 180 g/mol. The molecule has 0 fully saturated rings. The zero-order valence-electron chi connectivity index (χ0n) is 8.59. The fourth-order valence-electron chi connectivity index (χ4n) is 1.53. The Labute approximate surface area is 81.1 Å². The van der Waals surface area contributed by atoms with Gasteiger partial charge in [-0.3, -0.25) is 0 Å². The third kappa shape index (κ3) is 4.76. The number of furan rings is 1. The smallest absolute Gasteiger partial charge is 0.103 e. The Balaban J connectivity index is 1.90. The van der Waals surface area contributed by atoms with Gasteiger partial charge in [-0.05, 0) is 18.6 Å². The van der Waals surface area contributed by atoms with E-state index in [-0.39, 0.29) is 0 Å². The topological polar surface area (TPSA) is 13.1 Å². The molecular formula is C12H20O. The summed E-state index contributed by atoms with van der Waals surface area (Å²) in [4.78, 5) is 0. The number of hydrogen-bond donors (Lipinski definition) is 0. The van der Waals surface area contributed by atoms with Crippen LogP contribution in [0.5, 0.6) is 0 Å². The molecule has 0 amide bonds. The zero-order chi connectivity index (χ0) is 9.36. The van der Waals surface area contributed by atoms with Gasteiger partial charge in [0, 0.05) is 6.42 Å². The summed E-state index contributed by atoms with van der Waals surface area (Å²) in [6.45, 7) is 2.25. The highest BCUT2D eigenvalue weighted by Crippen LogP contribution is 2.09. The Kier molecular flexibility index (Phi) is 5.39. The van der Waals surface area contributed by atoms with Crippen LogP contribution >= 0.6 is 0 Å². The van der Waals surface area contributed by atoms with Crippen LogP contribution in [0, 0.1) is 0 Å². The van der Waals surface area contributed by atoms with Gasteiger partial charge in [-0.2, -0.15) is 0 Å². The van der Waals surface area contributed by atoms with Crippen molar-refractivity contribution in [3.8, 4) is 0 Å². The van der Waals surface area contributed by atoms with E-state index in [9.17, 15) is 0 Å². The van der Waals surface area contributed by atoms with Gasteiger partial charge in [0.25, 0.3) is 0 Å². The molecule has 0 bridgehead atoms. The molecule has 0 aliphatic carbocycles. The van der Waals surface area contributed by atoms with Crippen LogP contribution in [0.25, 0.3) is 0 Å². The summed E-state index contributed by atoms with van der Waals surface area (Å²) in [5, 5.41) is 0. The summed E-state index contributed by atoms with van der Waals surface area (Å²) < 4.78 is 5.26. The highest BCUT2D eigenvalue weighted by molar-refractivity contribution is 4.97. The van der Waals surface area contributed by atoms with Crippen molar-refractivity contribution in [2.75, 3.05) is 0 Å². The minimum absolute atomic E-state index is 1.11. The molecule has 0 aliphatic heterocycles. The molecule has 1 aromatic rings. The Bertz CT molecular complexity index is 189. The lowest BCUT2D eigenvalue weighted by atomic mass is 10.1. The van der Waals surface area contributed by atoms with Gasteiger partial charge in [0.05, 0.1) is 6.26 Å². The van der Waals surface area contributed by atoms with E-state index in [0.717, 1.165) is 12.2 Å². The maximum absolute atomic E-state index is 5.26. The first-order valence-corrected chi connectivity index (χ1v) is 5.46.